The summed E-state index contributed by atoms with van der Waals surface area (Å²) in [5.74, 6) is 0.254. The molecule has 0 atom stereocenters. The number of hydrogen-bond donors (Lipinski definition) is 1. The molecular weight excluding hydrogens is 210 g/mol. The van der Waals surface area contributed by atoms with Crippen LogP contribution in [0.4, 0.5) is 0 Å². The molecule has 0 aliphatic heterocycles. The van der Waals surface area contributed by atoms with Crippen LogP contribution in [0.25, 0.3) is 10.9 Å². The molecule has 1 aromatic heterocycles. The molecule has 0 bridgehead atoms. The molecule has 0 unspecified atom stereocenters. The average molecular weight is 229 g/mol. The number of aromatic nitrogens is 1. The van der Waals surface area contributed by atoms with Crippen LogP contribution in [0, 0.1) is 20.8 Å². The molecule has 2 aromatic rings. The van der Waals surface area contributed by atoms with Crippen LogP contribution in [0.2, 0.25) is 0 Å². The molecule has 0 spiro atoms. The SMILES string of the molecule is Cc1cc(C)c2c(=O)c(C(C)C)c(C)[nH]c2c1. The molecule has 0 radical (unpaired) electrons. The Balaban J connectivity index is 2.98. The van der Waals surface area contributed by atoms with Crippen LogP contribution < -0.4 is 5.43 Å². The number of pyridine rings is 1. The predicted molar refractivity (Wildman–Crippen MR) is 72.9 cm³/mol. The molecule has 2 heteroatoms. The van der Waals surface area contributed by atoms with Gasteiger partial charge in [0.25, 0.3) is 0 Å². The molecule has 90 valence electrons. The molecule has 17 heavy (non-hydrogen) atoms. The Morgan fingerprint density at radius 3 is 2.35 bits per heavy atom. The number of aromatic amines is 1. The first kappa shape index (κ1) is 11.9. The zero-order valence-electron chi connectivity index (χ0n) is 11.1. The van der Waals surface area contributed by atoms with Crippen LogP contribution >= 0.6 is 0 Å². The van der Waals surface area contributed by atoms with Gasteiger partial charge in [-0.3, -0.25) is 4.79 Å². The largest absolute Gasteiger partial charge is 0.358 e. The first-order chi connectivity index (χ1) is 7.91. The fourth-order valence-corrected chi connectivity index (χ4v) is 2.64. The number of hydrogen-bond acceptors (Lipinski definition) is 1. The fourth-order valence-electron chi connectivity index (χ4n) is 2.64. The Morgan fingerprint density at radius 1 is 1.12 bits per heavy atom. The van der Waals surface area contributed by atoms with Crippen molar-refractivity contribution in [2.75, 3.05) is 0 Å². The van der Waals surface area contributed by atoms with E-state index in [2.05, 4.69) is 31.8 Å². The van der Waals surface area contributed by atoms with Gasteiger partial charge in [0.2, 0.25) is 0 Å². The highest BCUT2D eigenvalue weighted by Gasteiger charge is 2.13. The summed E-state index contributed by atoms with van der Waals surface area (Å²) in [5, 5.41) is 0.838. The first-order valence-electron chi connectivity index (χ1n) is 6.05. The molecule has 1 N–H and O–H groups in total. The van der Waals surface area contributed by atoms with Gasteiger partial charge >= 0.3 is 0 Å². The van der Waals surface area contributed by atoms with Crippen molar-refractivity contribution in [3.63, 3.8) is 0 Å². The van der Waals surface area contributed by atoms with Crippen LogP contribution in [0.3, 0.4) is 0 Å². The topological polar surface area (TPSA) is 32.9 Å². The Hall–Kier alpha value is -1.57. The van der Waals surface area contributed by atoms with Crippen LogP contribution in [0.1, 0.15) is 42.1 Å². The third-order valence-corrected chi connectivity index (χ3v) is 3.26. The van der Waals surface area contributed by atoms with E-state index in [0.29, 0.717) is 0 Å². The molecule has 1 heterocycles. The minimum Gasteiger partial charge on any atom is -0.358 e. The van der Waals surface area contributed by atoms with Crippen LogP contribution in [-0.2, 0) is 0 Å². The lowest BCUT2D eigenvalue weighted by Gasteiger charge is -2.12. The number of nitrogens with one attached hydrogen (secondary N) is 1. The van der Waals surface area contributed by atoms with Crippen molar-refractivity contribution < 1.29 is 0 Å². The average Bonchev–Trinajstić information content (AvgIpc) is 2.13. The molecular formula is C15H19NO. The molecule has 0 aliphatic carbocycles. The molecule has 2 nitrogen and oxygen atoms in total. The standard InChI is InChI=1S/C15H19NO/c1-8(2)13-11(5)16-12-7-9(3)6-10(4)14(12)15(13)17/h6-8H,1-5H3,(H,16,17). The van der Waals surface area contributed by atoms with Gasteiger partial charge in [-0.2, -0.15) is 0 Å². The van der Waals surface area contributed by atoms with E-state index in [4.69, 9.17) is 0 Å². The van der Waals surface area contributed by atoms with Gasteiger partial charge < -0.3 is 4.98 Å². The summed E-state index contributed by atoms with van der Waals surface area (Å²) in [6, 6.07) is 4.11. The van der Waals surface area contributed by atoms with Gasteiger partial charge in [-0.05, 0) is 43.9 Å². The number of rotatable bonds is 1. The quantitative estimate of drug-likeness (QED) is 0.796. The van der Waals surface area contributed by atoms with Crippen molar-refractivity contribution in [1.82, 2.24) is 4.98 Å². The smallest absolute Gasteiger partial charge is 0.193 e. The van der Waals surface area contributed by atoms with Crippen molar-refractivity contribution in [2.45, 2.75) is 40.5 Å². The zero-order valence-corrected chi connectivity index (χ0v) is 11.1. The second-order valence-electron chi connectivity index (χ2n) is 5.15. The van der Waals surface area contributed by atoms with Crippen molar-refractivity contribution in [3.05, 3.63) is 44.7 Å². The maximum absolute atomic E-state index is 12.5. The van der Waals surface area contributed by atoms with Gasteiger partial charge in [-0.15, -0.1) is 0 Å². The summed E-state index contributed by atoms with van der Waals surface area (Å²) in [6.07, 6.45) is 0. The van der Waals surface area contributed by atoms with Gasteiger partial charge in [-0.1, -0.05) is 19.9 Å². The maximum Gasteiger partial charge on any atom is 0.193 e. The molecule has 0 aliphatic rings. The molecule has 2 rings (SSSR count). The van der Waals surface area contributed by atoms with Crippen molar-refractivity contribution in [1.29, 1.82) is 0 Å². The monoisotopic (exact) mass is 229 g/mol. The minimum atomic E-state index is 0.184. The van der Waals surface area contributed by atoms with E-state index in [1.165, 1.54) is 5.56 Å². The number of benzene rings is 1. The summed E-state index contributed by atoms with van der Waals surface area (Å²) in [7, 11) is 0. The van der Waals surface area contributed by atoms with Crippen LogP contribution in [0.5, 0.6) is 0 Å². The van der Waals surface area contributed by atoms with E-state index < -0.39 is 0 Å². The Bertz CT molecular complexity index is 635. The van der Waals surface area contributed by atoms with E-state index in [1.807, 2.05) is 19.9 Å². The lowest BCUT2D eigenvalue weighted by atomic mass is 9.96. The Kier molecular flexibility index (Phi) is 2.82. The molecule has 0 saturated carbocycles. The second kappa shape index (κ2) is 4.02. The summed E-state index contributed by atoms with van der Waals surface area (Å²) in [5.41, 5.74) is 5.27. The van der Waals surface area contributed by atoms with E-state index in [1.54, 1.807) is 0 Å². The third-order valence-electron chi connectivity index (χ3n) is 3.26. The van der Waals surface area contributed by atoms with Crippen LogP contribution in [0.15, 0.2) is 16.9 Å². The van der Waals surface area contributed by atoms with Crippen LogP contribution in [-0.4, -0.2) is 4.98 Å². The Labute approximate surface area is 102 Å². The molecule has 0 saturated heterocycles. The Morgan fingerprint density at radius 2 is 1.76 bits per heavy atom. The zero-order chi connectivity index (χ0) is 12.7. The minimum absolute atomic E-state index is 0.184. The highest BCUT2D eigenvalue weighted by Crippen LogP contribution is 2.21. The van der Waals surface area contributed by atoms with Gasteiger partial charge in [0, 0.05) is 22.2 Å². The van der Waals surface area contributed by atoms with E-state index >= 15 is 0 Å². The van der Waals surface area contributed by atoms with Crippen molar-refractivity contribution in [3.8, 4) is 0 Å². The van der Waals surface area contributed by atoms with Crippen molar-refractivity contribution >= 4 is 10.9 Å². The highest BCUT2D eigenvalue weighted by atomic mass is 16.1. The highest BCUT2D eigenvalue weighted by molar-refractivity contribution is 5.83. The fraction of sp³-hybridized carbons (Fsp3) is 0.400. The lowest BCUT2D eigenvalue weighted by molar-refractivity contribution is 0.838. The normalized spacial score (nSPS) is 11.4. The van der Waals surface area contributed by atoms with E-state index in [-0.39, 0.29) is 11.3 Å². The molecule has 0 amide bonds. The van der Waals surface area contributed by atoms with Gasteiger partial charge in [0.1, 0.15) is 0 Å². The van der Waals surface area contributed by atoms with Gasteiger partial charge in [0.15, 0.2) is 5.43 Å². The first-order valence-corrected chi connectivity index (χ1v) is 6.05. The number of aryl methyl sites for hydroxylation is 3. The summed E-state index contributed by atoms with van der Waals surface area (Å²) in [4.78, 5) is 15.9. The van der Waals surface area contributed by atoms with E-state index in [0.717, 1.165) is 27.7 Å². The summed E-state index contributed by atoms with van der Waals surface area (Å²) >= 11 is 0. The lowest BCUT2D eigenvalue weighted by Crippen LogP contribution is -2.15. The summed E-state index contributed by atoms with van der Waals surface area (Å²) < 4.78 is 0. The predicted octanol–water partition coefficient (Wildman–Crippen LogP) is 3.58. The second-order valence-corrected chi connectivity index (χ2v) is 5.15. The van der Waals surface area contributed by atoms with E-state index in [9.17, 15) is 4.79 Å². The maximum atomic E-state index is 12.5. The van der Waals surface area contributed by atoms with Crippen molar-refractivity contribution in [2.24, 2.45) is 0 Å². The van der Waals surface area contributed by atoms with Gasteiger partial charge in [-0.25, -0.2) is 0 Å². The number of fused-ring (bicyclic) bond motifs is 1. The third kappa shape index (κ3) is 1.88. The number of H-pyrrole nitrogens is 1. The molecule has 0 fully saturated rings. The summed E-state index contributed by atoms with van der Waals surface area (Å²) in [6.45, 7) is 10.2. The molecule has 1 aromatic carbocycles. The van der Waals surface area contributed by atoms with Gasteiger partial charge in [0.05, 0.1) is 0 Å².